The molecule has 11 nitrogen and oxygen atoms in total. The first kappa shape index (κ1) is 25.2. The van der Waals surface area contributed by atoms with E-state index in [9.17, 15) is 4.79 Å². The molecule has 0 aliphatic carbocycles. The number of hydrogen-bond donors (Lipinski definition) is 1. The number of para-hydroxylation sites is 2. The maximum absolute atomic E-state index is 12.1. The van der Waals surface area contributed by atoms with E-state index < -0.39 is 6.16 Å². The Morgan fingerprint density at radius 1 is 0.919 bits per heavy atom. The second-order valence-electron chi connectivity index (χ2n) is 7.47. The van der Waals surface area contributed by atoms with Gasteiger partial charge < -0.3 is 29.0 Å². The van der Waals surface area contributed by atoms with Crippen molar-refractivity contribution in [2.75, 3.05) is 32.7 Å². The fraction of sp³-hybridized carbons (Fsp3) is 0.192. The average molecular weight is 504 g/mol. The number of aromatic nitrogens is 4. The Balaban J connectivity index is 1.53. The third kappa shape index (κ3) is 6.60. The lowest BCUT2D eigenvalue weighted by atomic mass is 10.2. The normalized spacial score (nSPS) is 10.4. The first-order valence-electron chi connectivity index (χ1n) is 11.3. The van der Waals surface area contributed by atoms with Crippen molar-refractivity contribution in [1.29, 1.82) is 0 Å². The molecular formula is C26H25N5O6. The summed E-state index contributed by atoms with van der Waals surface area (Å²) in [5.41, 5.74) is 0.957. The Labute approximate surface area is 213 Å². The fourth-order valence-corrected chi connectivity index (χ4v) is 3.18. The molecule has 0 saturated carbocycles. The molecule has 0 saturated heterocycles. The number of carbonyl (C=O) groups excluding carboxylic acids is 1. The summed E-state index contributed by atoms with van der Waals surface area (Å²) >= 11 is 0. The molecule has 1 N–H and O–H groups in total. The van der Waals surface area contributed by atoms with Crippen LogP contribution >= 0.6 is 0 Å². The summed E-state index contributed by atoms with van der Waals surface area (Å²) < 4.78 is 27.7. The van der Waals surface area contributed by atoms with Crippen molar-refractivity contribution < 1.29 is 28.5 Å². The van der Waals surface area contributed by atoms with Crippen molar-refractivity contribution >= 4 is 12.0 Å². The highest BCUT2D eigenvalue weighted by atomic mass is 16.7. The number of hydrogen-bond acceptors (Lipinski definition) is 11. The molecule has 0 atom stereocenters. The van der Waals surface area contributed by atoms with E-state index in [0.29, 0.717) is 28.9 Å². The lowest BCUT2D eigenvalue weighted by molar-refractivity contribution is 0.0836. The molecule has 0 spiro atoms. The molecule has 2 aromatic heterocycles. The first-order valence-corrected chi connectivity index (χ1v) is 11.3. The van der Waals surface area contributed by atoms with E-state index in [1.165, 1.54) is 7.11 Å². The van der Waals surface area contributed by atoms with Gasteiger partial charge in [0.15, 0.2) is 23.1 Å². The monoisotopic (exact) mass is 503 g/mol. The molecule has 2 heterocycles. The molecule has 0 fully saturated rings. The first-order chi connectivity index (χ1) is 18.1. The third-order valence-corrected chi connectivity index (χ3v) is 4.85. The van der Waals surface area contributed by atoms with E-state index >= 15 is 0 Å². The zero-order valence-electron chi connectivity index (χ0n) is 20.5. The van der Waals surface area contributed by atoms with Crippen LogP contribution in [0.3, 0.4) is 0 Å². The Morgan fingerprint density at radius 2 is 1.70 bits per heavy atom. The van der Waals surface area contributed by atoms with Crippen molar-refractivity contribution in [3.63, 3.8) is 0 Å². The van der Waals surface area contributed by atoms with Crippen LogP contribution in [-0.4, -0.2) is 53.5 Å². The summed E-state index contributed by atoms with van der Waals surface area (Å²) in [6.07, 6.45) is 2.31. The van der Waals surface area contributed by atoms with Crippen molar-refractivity contribution in [3.05, 3.63) is 72.6 Å². The average Bonchev–Trinajstić information content (AvgIpc) is 2.92. The molecule has 0 unspecified atom stereocenters. The number of benzene rings is 2. The number of anilines is 1. The maximum Gasteiger partial charge on any atom is 0.513 e. The van der Waals surface area contributed by atoms with Gasteiger partial charge >= 0.3 is 6.16 Å². The highest BCUT2D eigenvalue weighted by molar-refractivity contribution is 5.64. The number of nitrogens with one attached hydrogen (secondary N) is 1. The van der Waals surface area contributed by atoms with Gasteiger partial charge in [-0.25, -0.2) is 19.7 Å². The molecule has 11 heteroatoms. The van der Waals surface area contributed by atoms with Crippen LogP contribution in [0.4, 0.5) is 10.6 Å². The molecule has 190 valence electrons. The van der Waals surface area contributed by atoms with Gasteiger partial charge in [-0.3, -0.25) is 0 Å². The predicted molar refractivity (Wildman–Crippen MR) is 134 cm³/mol. The molecular weight excluding hydrogens is 478 g/mol. The summed E-state index contributed by atoms with van der Waals surface area (Å²) in [5, 5.41) is 2.99. The highest BCUT2D eigenvalue weighted by Crippen LogP contribution is 2.40. The van der Waals surface area contributed by atoms with Gasteiger partial charge in [-0.05, 0) is 42.8 Å². The largest absolute Gasteiger partial charge is 0.513 e. The molecule has 4 rings (SSSR count). The van der Waals surface area contributed by atoms with Crippen LogP contribution in [0.1, 0.15) is 5.56 Å². The van der Waals surface area contributed by atoms with Gasteiger partial charge in [-0.1, -0.05) is 24.3 Å². The Kier molecular flexibility index (Phi) is 8.27. The lowest BCUT2D eigenvalue weighted by Crippen LogP contribution is -2.16. The molecule has 4 aromatic rings. The Bertz CT molecular complexity index is 1350. The van der Waals surface area contributed by atoms with Gasteiger partial charge in [0.05, 0.1) is 7.11 Å². The lowest BCUT2D eigenvalue weighted by Gasteiger charge is -2.17. The zero-order chi connectivity index (χ0) is 26.0. The van der Waals surface area contributed by atoms with Crippen molar-refractivity contribution in [1.82, 2.24) is 19.9 Å². The molecule has 0 amide bonds. The van der Waals surface area contributed by atoms with E-state index in [1.54, 1.807) is 61.9 Å². The standard InChI is InChI=1S/C26H25N5O6/c1-17-8-6-9-18(16-17)36-26(32)35-15-14-34-25-21(37-20-11-5-4-10-19(20)33-3)22(27-2)30-24(31-25)23-28-12-7-13-29-23/h4-13,16H,14-15H2,1-3H3,(H,27,30,31). The van der Waals surface area contributed by atoms with Crippen LogP contribution in [0.15, 0.2) is 67.0 Å². The molecule has 37 heavy (non-hydrogen) atoms. The number of aryl methyl sites for hydroxylation is 1. The van der Waals surface area contributed by atoms with Gasteiger partial charge in [0.25, 0.3) is 5.88 Å². The second-order valence-corrected chi connectivity index (χ2v) is 7.47. The number of carbonyl (C=O) groups is 1. The second kappa shape index (κ2) is 12.2. The SMILES string of the molecule is CNc1nc(-c2ncccn2)nc(OCCOC(=O)Oc2cccc(C)c2)c1Oc1ccccc1OC. The van der Waals surface area contributed by atoms with Crippen molar-refractivity contribution in [3.8, 4) is 40.5 Å². The van der Waals surface area contributed by atoms with Gasteiger partial charge in [0, 0.05) is 19.4 Å². The van der Waals surface area contributed by atoms with Crippen LogP contribution in [0.5, 0.6) is 28.9 Å². The number of methoxy groups -OCH3 is 1. The Hall–Kier alpha value is -4.93. The number of rotatable bonds is 10. The summed E-state index contributed by atoms with van der Waals surface area (Å²) in [6, 6.07) is 15.9. The van der Waals surface area contributed by atoms with E-state index in [0.717, 1.165) is 5.56 Å². The minimum atomic E-state index is -0.850. The number of nitrogens with zero attached hydrogens (tertiary/aromatic N) is 4. The Morgan fingerprint density at radius 3 is 2.43 bits per heavy atom. The topological polar surface area (TPSA) is 127 Å². The third-order valence-electron chi connectivity index (χ3n) is 4.85. The van der Waals surface area contributed by atoms with Crippen LogP contribution in [-0.2, 0) is 4.74 Å². The zero-order valence-corrected chi connectivity index (χ0v) is 20.5. The fourth-order valence-electron chi connectivity index (χ4n) is 3.18. The smallest absolute Gasteiger partial charge is 0.493 e. The maximum atomic E-state index is 12.1. The van der Waals surface area contributed by atoms with E-state index in [4.69, 9.17) is 23.7 Å². The molecule has 0 aliphatic rings. The minimum Gasteiger partial charge on any atom is -0.493 e. The van der Waals surface area contributed by atoms with E-state index in [1.807, 2.05) is 19.1 Å². The van der Waals surface area contributed by atoms with Gasteiger partial charge in [-0.15, -0.1) is 0 Å². The molecule has 0 aliphatic heterocycles. The van der Waals surface area contributed by atoms with E-state index in [-0.39, 0.29) is 30.7 Å². The highest BCUT2D eigenvalue weighted by Gasteiger charge is 2.21. The molecule has 0 bridgehead atoms. The minimum absolute atomic E-state index is 0.0412. The van der Waals surface area contributed by atoms with Crippen LogP contribution in [0, 0.1) is 6.92 Å². The summed E-state index contributed by atoms with van der Waals surface area (Å²) in [4.78, 5) is 29.4. The van der Waals surface area contributed by atoms with E-state index in [2.05, 4.69) is 25.3 Å². The van der Waals surface area contributed by atoms with Crippen LogP contribution in [0.25, 0.3) is 11.6 Å². The van der Waals surface area contributed by atoms with Gasteiger partial charge in [-0.2, -0.15) is 4.98 Å². The van der Waals surface area contributed by atoms with Crippen molar-refractivity contribution in [2.24, 2.45) is 0 Å². The summed E-state index contributed by atoms with van der Waals surface area (Å²) in [7, 11) is 3.22. The van der Waals surface area contributed by atoms with Gasteiger partial charge in [0.1, 0.15) is 19.0 Å². The van der Waals surface area contributed by atoms with Crippen LogP contribution in [0.2, 0.25) is 0 Å². The predicted octanol–water partition coefficient (Wildman–Crippen LogP) is 4.68. The quantitative estimate of drug-likeness (QED) is 0.184. The number of ether oxygens (including phenoxy) is 5. The van der Waals surface area contributed by atoms with Crippen molar-refractivity contribution in [2.45, 2.75) is 6.92 Å². The van der Waals surface area contributed by atoms with Gasteiger partial charge in [0.2, 0.25) is 11.6 Å². The summed E-state index contributed by atoms with van der Waals surface area (Å²) in [5.74, 6) is 2.46. The molecule has 2 aromatic carbocycles. The van der Waals surface area contributed by atoms with Crippen LogP contribution < -0.4 is 24.3 Å². The molecule has 0 radical (unpaired) electrons. The summed E-state index contributed by atoms with van der Waals surface area (Å²) in [6.45, 7) is 1.75.